The minimum atomic E-state index is 0. The predicted molar refractivity (Wildman–Crippen MR) is 114 cm³/mol. The van der Waals surface area contributed by atoms with Gasteiger partial charge in [0.2, 0.25) is 5.91 Å². The van der Waals surface area contributed by atoms with Crippen LogP contribution in [0.1, 0.15) is 37.8 Å². The monoisotopic (exact) mass is 417 g/mol. The van der Waals surface area contributed by atoms with Crippen LogP contribution in [-0.2, 0) is 4.79 Å². The van der Waals surface area contributed by atoms with E-state index in [-0.39, 0.29) is 30.7 Å². The quantitative estimate of drug-likeness (QED) is 0.799. The molecule has 2 fully saturated rings. The molecule has 1 aliphatic heterocycles. The zero-order valence-electron chi connectivity index (χ0n) is 16.3. The van der Waals surface area contributed by atoms with Gasteiger partial charge >= 0.3 is 0 Å². The van der Waals surface area contributed by atoms with Gasteiger partial charge in [0.15, 0.2) is 0 Å². The molecule has 1 saturated carbocycles. The molecule has 2 N–H and O–H groups in total. The molecule has 0 spiro atoms. The Morgan fingerprint density at radius 2 is 1.93 bits per heavy atom. The lowest BCUT2D eigenvalue weighted by Gasteiger charge is -2.39. The van der Waals surface area contributed by atoms with Crippen LogP contribution in [0.15, 0.2) is 24.3 Å². The molecule has 0 aromatic heterocycles. The van der Waals surface area contributed by atoms with Crippen LogP contribution in [-0.4, -0.2) is 55.5 Å². The normalized spacial score (nSPS) is 23.9. The lowest BCUT2D eigenvalue weighted by molar-refractivity contribution is -0.138. The molecule has 3 atom stereocenters. The number of rotatable bonds is 5. The van der Waals surface area contributed by atoms with E-state index < -0.39 is 0 Å². The minimum absolute atomic E-state index is 0. The largest absolute Gasteiger partial charge is 0.497 e. The van der Waals surface area contributed by atoms with Crippen molar-refractivity contribution >= 4 is 30.7 Å². The minimum Gasteiger partial charge on any atom is -0.497 e. The van der Waals surface area contributed by atoms with E-state index in [0.717, 1.165) is 51.2 Å². The van der Waals surface area contributed by atoms with Crippen LogP contribution in [0.2, 0.25) is 0 Å². The summed E-state index contributed by atoms with van der Waals surface area (Å²) in [6, 6.07) is 8.59. The summed E-state index contributed by atoms with van der Waals surface area (Å²) in [6.45, 7) is 6.35. The Hall–Kier alpha value is -1.01. The first kappa shape index (κ1) is 24.0. The Balaban J connectivity index is 0.00000182. The van der Waals surface area contributed by atoms with E-state index >= 15 is 0 Å². The Labute approximate surface area is 175 Å². The molecule has 7 heteroatoms. The summed E-state index contributed by atoms with van der Waals surface area (Å²) in [6.07, 6.45) is 3.27. The molecule has 3 rings (SSSR count). The maximum Gasteiger partial charge on any atom is 0.226 e. The molecule has 27 heavy (non-hydrogen) atoms. The predicted octanol–water partition coefficient (Wildman–Crippen LogP) is 3.12. The molecule has 1 aromatic carbocycles. The molecular formula is C20H33Cl2N3O2. The molecule has 0 radical (unpaired) electrons. The van der Waals surface area contributed by atoms with E-state index in [4.69, 9.17) is 10.5 Å². The van der Waals surface area contributed by atoms with E-state index in [9.17, 15) is 4.79 Å². The highest BCUT2D eigenvalue weighted by Crippen LogP contribution is 2.33. The first-order valence-electron chi connectivity index (χ1n) is 9.51. The van der Waals surface area contributed by atoms with Gasteiger partial charge in [-0.3, -0.25) is 9.69 Å². The van der Waals surface area contributed by atoms with Crippen molar-refractivity contribution in [2.75, 3.05) is 39.8 Å². The third-order valence-electron chi connectivity index (χ3n) is 6.03. The van der Waals surface area contributed by atoms with Crippen LogP contribution in [0.4, 0.5) is 0 Å². The second kappa shape index (κ2) is 11.1. The summed E-state index contributed by atoms with van der Waals surface area (Å²) in [5.74, 6) is 1.78. The second-order valence-electron chi connectivity index (χ2n) is 7.35. The third kappa shape index (κ3) is 5.50. The van der Waals surface area contributed by atoms with Crippen molar-refractivity contribution in [1.29, 1.82) is 0 Å². The van der Waals surface area contributed by atoms with Crippen molar-refractivity contribution in [3.05, 3.63) is 29.8 Å². The van der Waals surface area contributed by atoms with Crippen LogP contribution in [0.5, 0.6) is 5.75 Å². The van der Waals surface area contributed by atoms with E-state index in [1.165, 1.54) is 5.56 Å². The molecule has 2 aliphatic rings. The lowest BCUT2D eigenvalue weighted by atomic mass is 9.94. The summed E-state index contributed by atoms with van der Waals surface area (Å²) >= 11 is 0. The van der Waals surface area contributed by atoms with E-state index in [1.54, 1.807) is 7.11 Å². The zero-order valence-corrected chi connectivity index (χ0v) is 17.9. The van der Waals surface area contributed by atoms with Gasteiger partial charge in [-0.05, 0) is 49.9 Å². The molecule has 1 heterocycles. The van der Waals surface area contributed by atoms with Crippen LogP contribution in [0.25, 0.3) is 0 Å². The Bertz CT molecular complexity index is 594. The highest BCUT2D eigenvalue weighted by molar-refractivity contribution is 5.85. The molecule has 5 nitrogen and oxygen atoms in total. The highest BCUT2D eigenvalue weighted by Gasteiger charge is 2.36. The third-order valence-corrected chi connectivity index (χ3v) is 6.03. The van der Waals surface area contributed by atoms with Crippen LogP contribution < -0.4 is 10.5 Å². The number of benzene rings is 1. The summed E-state index contributed by atoms with van der Waals surface area (Å²) in [5, 5.41) is 0. The van der Waals surface area contributed by atoms with Crippen LogP contribution in [0.3, 0.4) is 0 Å². The number of amides is 1. The van der Waals surface area contributed by atoms with Crippen molar-refractivity contribution in [3.8, 4) is 5.75 Å². The van der Waals surface area contributed by atoms with Crippen molar-refractivity contribution in [3.63, 3.8) is 0 Å². The molecule has 0 bridgehead atoms. The number of carbonyl (C=O) groups excluding carboxylic acids is 1. The number of methoxy groups -OCH3 is 1. The Kier molecular flexibility index (Phi) is 9.88. The number of halogens is 2. The van der Waals surface area contributed by atoms with Crippen LogP contribution >= 0.6 is 24.8 Å². The molecular weight excluding hydrogens is 385 g/mol. The second-order valence-corrected chi connectivity index (χ2v) is 7.35. The zero-order chi connectivity index (χ0) is 17.8. The smallest absolute Gasteiger partial charge is 0.226 e. The number of piperazine rings is 1. The first-order chi connectivity index (χ1) is 12.1. The van der Waals surface area contributed by atoms with Gasteiger partial charge in [0, 0.05) is 38.1 Å². The fourth-order valence-electron chi connectivity index (χ4n) is 4.32. The summed E-state index contributed by atoms with van der Waals surface area (Å²) in [5.41, 5.74) is 7.11. The van der Waals surface area contributed by atoms with Gasteiger partial charge in [0.05, 0.1) is 7.11 Å². The van der Waals surface area contributed by atoms with Gasteiger partial charge in [-0.1, -0.05) is 18.6 Å². The van der Waals surface area contributed by atoms with Crippen molar-refractivity contribution < 1.29 is 9.53 Å². The van der Waals surface area contributed by atoms with Gasteiger partial charge in [-0.15, -0.1) is 24.8 Å². The number of nitrogens with zero attached hydrogens (tertiary/aromatic N) is 2. The molecule has 1 saturated heterocycles. The van der Waals surface area contributed by atoms with Gasteiger partial charge in [0.25, 0.3) is 0 Å². The average molecular weight is 418 g/mol. The summed E-state index contributed by atoms with van der Waals surface area (Å²) in [7, 11) is 1.70. The fourth-order valence-corrected chi connectivity index (χ4v) is 4.32. The van der Waals surface area contributed by atoms with E-state index in [2.05, 4.69) is 28.9 Å². The van der Waals surface area contributed by atoms with Crippen molar-refractivity contribution in [2.24, 2.45) is 17.6 Å². The van der Waals surface area contributed by atoms with Gasteiger partial charge in [-0.2, -0.15) is 0 Å². The van der Waals surface area contributed by atoms with Gasteiger partial charge < -0.3 is 15.4 Å². The molecule has 1 unspecified atom stereocenters. The molecule has 154 valence electrons. The number of carbonyl (C=O) groups is 1. The molecule has 1 aromatic rings. The number of ether oxygens (including phenoxy) is 1. The summed E-state index contributed by atoms with van der Waals surface area (Å²) < 4.78 is 5.34. The van der Waals surface area contributed by atoms with Crippen molar-refractivity contribution in [1.82, 2.24) is 9.80 Å². The van der Waals surface area contributed by atoms with Crippen molar-refractivity contribution in [2.45, 2.75) is 32.2 Å². The SMILES string of the molecule is COc1cccc(C(C)N2CCN(C(=O)[C@@H]3CCC[C@@H]3CN)CC2)c1.Cl.Cl. The first-order valence-corrected chi connectivity index (χ1v) is 9.51. The van der Waals surface area contributed by atoms with Gasteiger partial charge in [0.1, 0.15) is 5.75 Å². The molecule has 1 amide bonds. The fraction of sp³-hybridized carbons (Fsp3) is 0.650. The van der Waals surface area contributed by atoms with E-state index in [1.807, 2.05) is 12.1 Å². The average Bonchev–Trinajstić information content (AvgIpc) is 3.15. The molecule has 1 aliphatic carbocycles. The number of nitrogens with two attached hydrogens (primary N) is 1. The van der Waals surface area contributed by atoms with E-state index in [0.29, 0.717) is 24.4 Å². The highest BCUT2D eigenvalue weighted by atomic mass is 35.5. The standard InChI is InChI=1S/C20H31N3O2.2ClH/c1-15(16-5-3-7-18(13-16)25-2)22-9-11-23(12-10-22)20(24)19-8-4-6-17(19)14-21;;/h3,5,7,13,15,17,19H,4,6,8-12,14,21H2,1-2H3;2*1H/t15?,17-,19-;;/m1../s1. The lowest BCUT2D eigenvalue weighted by Crippen LogP contribution is -2.51. The maximum atomic E-state index is 12.8. The Morgan fingerprint density at radius 3 is 2.56 bits per heavy atom. The topological polar surface area (TPSA) is 58.8 Å². The number of hydrogen-bond donors (Lipinski definition) is 1. The van der Waals surface area contributed by atoms with Gasteiger partial charge in [-0.25, -0.2) is 0 Å². The Morgan fingerprint density at radius 1 is 1.22 bits per heavy atom. The maximum absolute atomic E-state index is 12.8. The summed E-state index contributed by atoms with van der Waals surface area (Å²) in [4.78, 5) is 17.3. The van der Waals surface area contributed by atoms with Crippen LogP contribution in [0, 0.1) is 11.8 Å². The number of hydrogen-bond acceptors (Lipinski definition) is 4.